The number of aromatic nitrogens is 1. The molecule has 0 aliphatic heterocycles. The van der Waals surface area contributed by atoms with E-state index < -0.39 is 0 Å². The molecule has 0 saturated carbocycles. The number of nitrogens with zero attached hydrogens (tertiary/aromatic N) is 1. The molecule has 0 saturated heterocycles. The predicted molar refractivity (Wildman–Crippen MR) is 171 cm³/mol. The van der Waals surface area contributed by atoms with E-state index in [1.807, 2.05) is 12.4 Å². The molecule has 0 aliphatic carbocycles. The molecule has 7 aromatic carbocycles. The van der Waals surface area contributed by atoms with Gasteiger partial charge in [0.25, 0.3) is 0 Å². The summed E-state index contributed by atoms with van der Waals surface area (Å²) in [7, 11) is 0. The lowest BCUT2D eigenvalue weighted by Crippen LogP contribution is -1.91. The van der Waals surface area contributed by atoms with Crippen molar-refractivity contribution in [1.29, 1.82) is 0 Å². The zero-order chi connectivity index (χ0) is 26.5. The van der Waals surface area contributed by atoms with Crippen LogP contribution >= 0.6 is 0 Å². The maximum absolute atomic E-state index is 4.57. The molecule has 1 heteroatoms. The summed E-state index contributed by atoms with van der Waals surface area (Å²) in [6, 6.07) is 50.5. The van der Waals surface area contributed by atoms with Crippen LogP contribution in [0.2, 0.25) is 0 Å². The summed E-state index contributed by atoms with van der Waals surface area (Å²) < 4.78 is 0. The number of fused-ring (bicyclic) bond motifs is 4. The first-order valence-corrected chi connectivity index (χ1v) is 13.7. The fourth-order valence-corrected chi connectivity index (χ4v) is 6.20. The van der Waals surface area contributed by atoms with Crippen LogP contribution in [0.5, 0.6) is 0 Å². The second-order valence-electron chi connectivity index (χ2n) is 10.4. The van der Waals surface area contributed by atoms with E-state index in [0.29, 0.717) is 0 Å². The van der Waals surface area contributed by atoms with Crippen molar-refractivity contribution in [2.45, 2.75) is 0 Å². The molecule has 0 N–H and O–H groups in total. The molecule has 0 radical (unpaired) electrons. The predicted octanol–water partition coefficient (Wildman–Crippen LogP) is 10.7. The van der Waals surface area contributed by atoms with Gasteiger partial charge in [0.15, 0.2) is 0 Å². The fraction of sp³-hybridized carbons (Fsp3) is 0. The summed E-state index contributed by atoms with van der Waals surface area (Å²) in [6.07, 6.45) is 3.93. The smallest absolute Gasteiger partial charge is 0.0353 e. The van der Waals surface area contributed by atoms with Crippen molar-refractivity contribution in [1.82, 2.24) is 4.98 Å². The number of benzene rings is 7. The van der Waals surface area contributed by atoms with Crippen molar-refractivity contribution in [2.24, 2.45) is 0 Å². The molecule has 8 aromatic rings. The molecule has 0 atom stereocenters. The highest BCUT2D eigenvalue weighted by atomic mass is 14.6. The first-order chi connectivity index (χ1) is 19.8. The van der Waals surface area contributed by atoms with Gasteiger partial charge in [-0.05, 0) is 95.3 Å². The van der Waals surface area contributed by atoms with Crippen LogP contribution < -0.4 is 0 Å². The van der Waals surface area contributed by atoms with Crippen LogP contribution in [0.1, 0.15) is 0 Å². The number of rotatable bonds is 3. The quantitative estimate of drug-likeness (QED) is 0.217. The highest BCUT2D eigenvalue weighted by molar-refractivity contribution is 6.21. The monoisotopic (exact) mass is 507 g/mol. The molecule has 0 unspecified atom stereocenters. The van der Waals surface area contributed by atoms with E-state index in [9.17, 15) is 0 Å². The van der Waals surface area contributed by atoms with Crippen LogP contribution in [-0.2, 0) is 0 Å². The van der Waals surface area contributed by atoms with Crippen molar-refractivity contribution in [3.05, 3.63) is 152 Å². The molecule has 0 spiro atoms. The molecule has 1 heterocycles. The van der Waals surface area contributed by atoms with E-state index in [4.69, 9.17) is 0 Å². The largest absolute Gasteiger partial charge is 0.264 e. The van der Waals surface area contributed by atoms with Crippen molar-refractivity contribution in [2.75, 3.05) is 0 Å². The summed E-state index contributed by atoms with van der Waals surface area (Å²) in [5.41, 5.74) is 7.40. The third-order valence-electron chi connectivity index (χ3n) is 8.10. The van der Waals surface area contributed by atoms with Gasteiger partial charge in [0, 0.05) is 17.8 Å². The van der Waals surface area contributed by atoms with Gasteiger partial charge in [-0.1, -0.05) is 115 Å². The molecule has 0 amide bonds. The number of hydrogen-bond donors (Lipinski definition) is 0. The lowest BCUT2D eigenvalue weighted by molar-refractivity contribution is 1.37. The maximum atomic E-state index is 4.57. The van der Waals surface area contributed by atoms with Gasteiger partial charge in [0.1, 0.15) is 0 Å². The molecule has 8 rings (SSSR count). The van der Waals surface area contributed by atoms with Crippen LogP contribution in [0.3, 0.4) is 0 Å². The normalized spacial score (nSPS) is 11.5. The van der Waals surface area contributed by atoms with Crippen molar-refractivity contribution in [3.63, 3.8) is 0 Å². The Kier molecular flexibility index (Phi) is 5.21. The Labute approximate surface area is 233 Å². The van der Waals surface area contributed by atoms with Gasteiger partial charge >= 0.3 is 0 Å². The summed E-state index contributed by atoms with van der Waals surface area (Å²) >= 11 is 0. The molecule has 1 aromatic heterocycles. The van der Waals surface area contributed by atoms with Crippen LogP contribution in [0, 0.1) is 0 Å². The first kappa shape index (κ1) is 22.7. The lowest BCUT2D eigenvalue weighted by Gasteiger charge is -2.17. The topological polar surface area (TPSA) is 12.9 Å². The van der Waals surface area contributed by atoms with Crippen molar-refractivity contribution >= 4 is 43.1 Å². The Balaban J connectivity index is 1.32. The Morgan fingerprint density at radius 2 is 0.825 bits per heavy atom. The molecular formula is C39H25N. The van der Waals surface area contributed by atoms with Gasteiger partial charge in [-0.25, -0.2) is 0 Å². The molecule has 40 heavy (non-hydrogen) atoms. The van der Waals surface area contributed by atoms with Crippen LogP contribution in [0.4, 0.5) is 0 Å². The highest BCUT2D eigenvalue weighted by Crippen LogP contribution is 2.43. The van der Waals surface area contributed by atoms with E-state index in [2.05, 4.69) is 145 Å². The molecular weight excluding hydrogens is 482 g/mol. The minimum absolute atomic E-state index is 1.17. The fourth-order valence-electron chi connectivity index (χ4n) is 6.20. The Hall–Kier alpha value is -5.27. The first-order valence-electron chi connectivity index (χ1n) is 13.7. The summed E-state index contributed by atoms with van der Waals surface area (Å²) in [5, 5.41) is 9.90. The maximum Gasteiger partial charge on any atom is 0.0353 e. The van der Waals surface area contributed by atoms with E-state index in [-0.39, 0.29) is 0 Å². The number of hydrogen-bond acceptors (Lipinski definition) is 1. The highest BCUT2D eigenvalue weighted by Gasteiger charge is 2.17. The van der Waals surface area contributed by atoms with E-state index in [1.165, 1.54) is 76.5 Å². The minimum atomic E-state index is 1.17. The zero-order valence-electron chi connectivity index (χ0n) is 21.9. The van der Waals surface area contributed by atoms with Crippen LogP contribution in [0.15, 0.2) is 152 Å². The van der Waals surface area contributed by atoms with E-state index >= 15 is 0 Å². The molecule has 1 nitrogen and oxygen atoms in total. The van der Waals surface area contributed by atoms with Gasteiger partial charge in [-0.15, -0.1) is 0 Å². The average Bonchev–Trinajstić information content (AvgIpc) is 3.03. The summed E-state index contributed by atoms with van der Waals surface area (Å²) in [4.78, 5) is 4.57. The number of pyridine rings is 1. The molecule has 0 aliphatic rings. The second kappa shape index (κ2) is 9.18. The Bertz CT molecular complexity index is 2150. The average molecular weight is 508 g/mol. The standard InChI is InChI=1S/C39H25N/c1-2-9-27(10-3-1)38-34-12-6-7-13-35(34)39(37-25-40-21-20-36(37)38)33-19-18-31-23-30(16-17-32(31)24-33)29-15-14-26-8-4-5-11-28(26)22-29/h1-25H. The third kappa shape index (κ3) is 3.67. The third-order valence-corrected chi connectivity index (χ3v) is 8.10. The Morgan fingerprint density at radius 3 is 1.55 bits per heavy atom. The van der Waals surface area contributed by atoms with Gasteiger partial charge in [0.05, 0.1) is 0 Å². The summed E-state index contributed by atoms with van der Waals surface area (Å²) in [6.45, 7) is 0. The van der Waals surface area contributed by atoms with Crippen LogP contribution in [0.25, 0.3) is 76.5 Å². The zero-order valence-corrected chi connectivity index (χ0v) is 21.9. The van der Waals surface area contributed by atoms with E-state index in [1.54, 1.807) is 0 Å². The minimum Gasteiger partial charge on any atom is -0.264 e. The molecule has 0 fully saturated rings. The van der Waals surface area contributed by atoms with Gasteiger partial charge in [-0.3, -0.25) is 4.98 Å². The lowest BCUT2D eigenvalue weighted by atomic mass is 9.86. The van der Waals surface area contributed by atoms with Crippen LogP contribution in [-0.4, -0.2) is 4.98 Å². The molecule has 186 valence electrons. The Morgan fingerprint density at radius 1 is 0.325 bits per heavy atom. The van der Waals surface area contributed by atoms with Gasteiger partial charge in [-0.2, -0.15) is 0 Å². The summed E-state index contributed by atoms with van der Waals surface area (Å²) in [5.74, 6) is 0. The van der Waals surface area contributed by atoms with Crippen molar-refractivity contribution in [3.8, 4) is 33.4 Å². The SMILES string of the molecule is c1ccc(-c2c3ccccc3c(-c3ccc4cc(-c5ccc6ccccc6c5)ccc4c3)c3cnccc23)cc1. The van der Waals surface area contributed by atoms with E-state index in [0.717, 1.165) is 0 Å². The van der Waals surface area contributed by atoms with Gasteiger partial charge in [0.2, 0.25) is 0 Å². The van der Waals surface area contributed by atoms with Gasteiger partial charge < -0.3 is 0 Å². The second-order valence-corrected chi connectivity index (χ2v) is 10.4. The van der Waals surface area contributed by atoms with Crippen molar-refractivity contribution < 1.29 is 0 Å². The molecule has 0 bridgehead atoms.